The van der Waals surface area contributed by atoms with E-state index in [4.69, 9.17) is 4.98 Å². The second kappa shape index (κ2) is 7.49. The number of rotatable bonds is 5. The number of nitrogens with one attached hydrogen (secondary N) is 1. The zero-order chi connectivity index (χ0) is 21.6. The number of benzene rings is 1. The van der Waals surface area contributed by atoms with Gasteiger partial charge >= 0.3 is 0 Å². The van der Waals surface area contributed by atoms with Gasteiger partial charge in [-0.1, -0.05) is 29.5 Å². The van der Waals surface area contributed by atoms with E-state index in [-0.39, 0.29) is 4.90 Å². The van der Waals surface area contributed by atoms with Gasteiger partial charge in [0, 0.05) is 31.0 Å². The number of aryl methyl sites for hydroxylation is 1. The third-order valence-corrected chi connectivity index (χ3v) is 7.55. The van der Waals surface area contributed by atoms with Crippen LogP contribution in [0.25, 0.3) is 32.0 Å². The first kappa shape index (κ1) is 19.7. The van der Waals surface area contributed by atoms with Gasteiger partial charge in [0.1, 0.15) is 25.8 Å². The van der Waals surface area contributed by atoms with Crippen LogP contribution in [0.15, 0.2) is 66.2 Å². The van der Waals surface area contributed by atoms with Crippen molar-refractivity contribution in [3.05, 3.63) is 66.9 Å². The lowest BCUT2D eigenvalue weighted by molar-refractivity contribution is 0.566. The number of hydrogen-bond donors (Lipinski definition) is 1. The van der Waals surface area contributed by atoms with Crippen molar-refractivity contribution in [3.8, 4) is 10.6 Å². The maximum atomic E-state index is 12.6. The standard InChI is InChI=1S/C21H18N6O2S2/c1-13(26-31(28,29)16-7-4-8-22-10-16)14-5-3-6-15(9-14)20-25-18-19-17(24-12-27(19)2)11-23-21(18)30-20/h3-13,26H,1-2H3/t13-/m0/s1. The average molecular weight is 451 g/mol. The third kappa shape index (κ3) is 3.58. The molecule has 156 valence electrons. The van der Waals surface area contributed by atoms with Crippen LogP contribution in [0.3, 0.4) is 0 Å². The van der Waals surface area contributed by atoms with E-state index in [2.05, 4.69) is 19.7 Å². The van der Waals surface area contributed by atoms with E-state index >= 15 is 0 Å². The van der Waals surface area contributed by atoms with Crippen LogP contribution >= 0.6 is 11.3 Å². The van der Waals surface area contributed by atoms with E-state index in [9.17, 15) is 8.42 Å². The molecule has 4 heterocycles. The predicted molar refractivity (Wildman–Crippen MR) is 120 cm³/mol. The molecule has 10 heteroatoms. The molecule has 1 aromatic carbocycles. The van der Waals surface area contributed by atoms with Gasteiger partial charge in [0.25, 0.3) is 0 Å². The summed E-state index contributed by atoms with van der Waals surface area (Å²) in [5.41, 5.74) is 4.31. The molecule has 4 aromatic heterocycles. The van der Waals surface area contributed by atoms with Gasteiger partial charge < -0.3 is 4.57 Å². The lowest BCUT2D eigenvalue weighted by Crippen LogP contribution is -2.27. The molecule has 31 heavy (non-hydrogen) atoms. The molecule has 0 radical (unpaired) electrons. The summed E-state index contributed by atoms with van der Waals surface area (Å²) in [5, 5.41) is 0.820. The Kier molecular flexibility index (Phi) is 4.77. The normalized spacial score (nSPS) is 13.1. The molecule has 0 fully saturated rings. The van der Waals surface area contributed by atoms with Crippen molar-refractivity contribution < 1.29 is 8.42 Å². The number of nitrogens with zero attached hydrogens (tertiary/aromatic N) is 5. The van der Waals surface area contributed by atoms with Gasteiger partial charge in [0.15, 0.2) is 0 Å². The number of sulfonamides is 1. The van der Waals surface area contributed by atoms with Gasteiger partial charge in [0.05, 0.1) is 18.0 Å². The van der Waals surface area contributed by atoms with Crippen LogP contribution in [0.4, 0.5) is 0 Å². The maximum absolute atomic E-state index is 12.6. The van der Waals surface area contributed by atoms with E-state index < -0.39 is 16.1 Å². The largest absolute Gasteiger partial charge is 0.332 e. The average Bonchev–Trinajstić information content (AvgIpc) is 3.37. The zero-order valence-corrected chi connectivity index (χ0v) is 18.4. The fourth-order valence-electron chi connectivity index (χ4n) is 3.44. The molecule has 0 aliphatic heterocycles. The molecule has 5 rings (SSSR count). The van der Waals surface area contributed by atoms with Crippen molar-refractivity contribution in [2.45, 2.75) is 17.9 Å². The molecule has 0 saturated heterocycles. The minimum Gasteiger partial charge on any atom is -0.332 e. The van der Waals surface area contributed by atoms with E-state index in [1.807, 2.05) is 42.8 Å². The molecule has 0 bridgehead atoms. The first-order chi connectivity index (χ1) is 14.9. The lowest BCUT2D eigenvalue weighted by atomic mass is 10.1. The van der Waals surface area contributed by atoms with E-state index in [0.717, 1.165) is 37.5 Å². The highest BCUT2D eigenvalue weighted by molar-refractivity contribution is 7.89. The Hall–Kier alpha value is -3.21. The summed E-state index contributed by atoms with van der Waals surface area (Å²) >= 11 is 1.50. The third-order valence-electron chi connectivity index (χ3n) is 5.01. The highest BCUT2D eigenvalue weighted by atomic mass is 32.2. The van der Waals surface area contributed by atoms with Crippen LogP contribution < -0.4 is 4.72 Å². The van der Waals surface area contributed by atoms with Crippen molar-refractivity contribution in [2.75, 3.05) is 0 Å². The van der Waals surface area contributed by atoms with Crippen molar-refractivity contribution in [2.24, 2.45) is 7.05 Å². The molecule has 0 aliphatic carbocycles. The minimum atomic E-state index is -3.67. The van der Waals surface area contributed by atoms with Crippen LogP contribution in [-0.2, 0) is 17.1 Å². The second-order valence-electron chi connectivity index (χ2n) is 7.18. The summed E-state index contributed by atoms with van der Waals surface area (Å²) in [6, 6.07) is 10.4. The summed E-state index contributed by atoms with van der Waals surface area (Å²) in [6.45, 7) is 1.81. The fourth-order valence-corrected chi connectivity index (χ4v) is 5.55. The molecule has 0 spiro atoms. The number of thiazole rings is 1. The smallest absolute Gasteiger partial charge is 0.242 e. The molecule has 0 aliphatic rings. The lowest BCUT2D eigenvalue weighted by Gasteiger charge is -2.15. The molecule has 8 nitrogen and oxygen atoms in total. The summed E-state index contributed by atoms with van der Waals surface area (Å²) in [7, 11) is -1.74. The first-order valence-electron chi connectivity index (χ1n) is 9.51. The van der Waals surface area contributed by atoms with E-state index in [1.165, 1.54) is 29.8 Å². The van der Waals surface area contributed by atoms with Crippen LogP contribution in [-0.4, -0.2) is 32.9 Å². The first-order valence-corrected chi connectivity index (χ1v) is 11.8. The monoisotopic (exact) mass is 450 g/mol. The van der Waals surface area contributed by atoms with Crippen LogP contribution in [0.1, 0.15) is 18.5 Å². The molecule has 1 atom stereocenters. The van der Waals surface area contributed by atoms with Gasteiger partial charge in [-0.25, -0.2) is 28.1 Å². The SMILES string of the molecule is C[C@H](NS(=O)(=O)c1cccnc1)c1cccc(-c2nc3c(ncc4ncn(C)c43)s2)c1. The number of aromatic nitrogens is 5. The Morgan fingerprint density at radius 1 is 1.13 bits per heavy atom. The highest BCUT2D eigenvalue weighted by Gasteiger charge is 2.19. The van der Waals surface area contributed by atoms with Gasteiger partial charge in [-0.2, -0.15) is 0 Å². The highest BCUT2D eigenvalue weighted by Crippen LogP contribution is 2.33. The zero-order valence-electron chi connectivity index (χ0n) is 16.7. The molecular formula is C21H18N6O2S2. The minimum absolute atomic E-state index is 0.135. The van der Waals surface area contributed by atoms with Crippen LogP contribution in [0.2, 0.25) is 0 Å². The predicted octanol–water partition coefficient (Wildman–Crippen LogP) is 3.68. The number of pyridine rings is 2. The van der Waals surface area contributed by atoms with Crippen molar-refractivity contribution in [1.29, 1.82) is 0 Å². The topological polar surface area (TPSA) is 103 Å². The summed E-state index contributed by atoms with van der Waals surface area (Å²) in [4.78, 5) is 18.5. The Balaban J connectivity index is 1.49. The number of imidazole rings is 1. The second-order valence-corrected chi connectivity index (χ2v) is 9.87. The van der Waals surface area contributed by atoms with Crippen molar-refractivity contribution >= 4 is 42.7 Å². The van der Waals surface area contributed by atoms with Crippen molar-refractivity contribution in [1.82, 2.24) is 29.2 Å². The van der Waals surface area contributed by atoms with Gasteiger partial charge in [-0.05, 0) is 30.7 Å². The van der Waals surface area contributed by atoms with Gasteiger partial charge in [-0.15, -0.1) is 0 Å². The number of fused-ring (bicyclic) bond motifs is 3. The summed E-state index contributed by atoms with van der Waals surface area (Å²) in [5.74, 6) is 0. The Morgan fingerprint density at radius 2 is 2.00 bits per heavy atom. The fraction of sp³-hybridized carbons (Fsp3) is 0.143. The molecule has 5 aromatic rings. The Labute approximate surface area is 182 Å². The molecule has 0 saturated carbocycles. The molecule has 1 N–H and O–H groups in total. The molecule has 0 amide bonds. The summed E-state index contributed by atoms with van der Waals surface area (Å²) < 4.78 is 29.9. The Morgan fingerprint density at radius 3 is 2.81 bits per heavy atom. The van der Waals surface area contributed by atoms with E-state index in [0.29, 0.717) is 0 Å². The van der Waals surface area contributed by atoms with Crippen LogP contribution in [0, 0.1) is 0 Å². The van der Waals surface area contributed by atoms with Crippen molar-refractivity contribution in [3.63, 3.8) is 0 Å². The quantitative estimate of drug-likeness (QED) is 0.438. The maximum Gasteiger partial charge on any atom is 0.242 e. The van der Waals surface area contributed by atoms with E-state index in [1.54, 1.807) is 18.6 Å². The van der Waals surface area contributed by atoms with Gasteiger partial charge in [-0.3, -0.25) is 4.98 Å². The number of hydrogen-bond acceptors (Lipinski definition) is 7. The Bertz CT molecular complexity index is 1510. The molecule has 0 unspecified atom stereocenters. The summed E-state index contributed by atoms with van der Waals surface area (Å²) in [6.07, 6.45) is 6.38. The van der Waals surface area contributed by atoms with Crippen LogP contribution in [0.5, 0.6) is 0 Å². The molecular weight excluding hydrogens is 432 g/mol. The van der Waals surface area contributed by atoms with Gasteiger partial charge in [0.2, 0.25) is 10.0 Å².